The van der Waals surface area contributed by atoms with Gasteiger partial charge in [0, 0.05) is 27.8 Å². The molecule has 2 aromatic rings. The maximum atomic E-state index is 12.1. The molecule has 120 valence electrons. The van der Waals surface area contributed by atoms with Gasteiger partial charge in [0.15, 0.2) is 9.99 Å². The van der Waals surface area contributed by atoms with Gasteiger partial charge in [-0.2, -0.15) is 0 Å². The average molecular weight is 357 g/mol. The van der Waals surface area contributed by atoms with Crippen molar-refractivity contribution in [3.63, 3.8) is 0 Å². The van der Waals surface area contributed by atoms with Crippen molar-refractivity contribution in [2.24, 2.45) is 0 Å². The number of hydrogen-bond acceptors (Lipinski definition) is 7. The molecule has 5 nitrogen and oxygen atoms in total. The number of thioether (sulfide) groups is 1. The molecule has 1 aliphatic rings. The van der Waals surface area contributed by atoms with Gasteiger partial charge in [-0.1, -0.05) is 25.1 Å². The van der Waals surface area contributed by atoms with Gasteiger partial charge in [0.2, 0.25) is 0 Å². The number of fused-ring (bicyclic) bond motifs is 1. The van der Waals surface area contributed by atoms with Crippen LogP contribution in [-0.4, -0.2) is 42.5 Å². The molecule has 0 amide bonds. The van der Waals surface area contributed by atoms with Crippen molar-refractivity contribution < 1.29 is 4.21 Å². The maximum absolute atomic E-state index is 12.1. The Bertz CT molecular complexity index is 675. The monoisotopic (exact) mass is 356 g/mol. The lowest BCUT2D eigenvalue weighted by atomic mass is 9.95. The van der Waals surface area contributed by atoms with E-state index in [-0.39, 0.29) is 0 Å². The highest BCUT2D eigenvalue weighted by atomic mass is 32.2. The van der Waals surface area contributed by atoms with Crippen molar-refractivity contribution >= 4 is 50.1 Å². The highest BCUT2D eigenvalue weighted by molar-refractivity contribution is 8.00. The molecule has 1 fully saturated rings. The number of aromatic nitrogens is 3. The summed E-state index contributed by atoms with van der Waals surface area (Å²) in [4.78, 5) is 13.1. The first-order chi connectivity index (χ1) is 10.7. The van der Waals surface area contributed by atoms with Gasteiger partial charge in [-0.15, -0.1) is 11.3 Å². The van der Waals surface area contributed by atoms with E-state index in [4.69, 9.17) is 0 Å². The van der Waals surface area contributed by atoms with Crippen molar-refractivity contribution in [1.82, 2.24) is 15.0 Å². The summed E-state index contributed by atoms with van der Waals surface area (Å²) < 4.78 is 14.1. The van der Waals surface area contributed by atoms with E-state index in [0.717, 1.165) is 51.9 Å². The van der Waals surface area contributed by atoms with E-state index in [1.165, 1.54) is 0 Å². The van der Waals surface area contributed by atoms with Crippen LogP contribution in [0.3, 0.4) is 0 Å². The average Bonchev–Trinajstić information content (AvgIpc) is 2.99. The summed E-state index contributed by atoms with van der Waals surface area (Å²) in [6, 6.07) is 0.340. The van der Waals surface area contributed by atoms with E-state index in [0.29, 0.717) is 11.3 Å². The van der Waals surface area contributed by atoms with Crippen LogP contribution >= 0.6 is 23.1 Å². The fraction of sp³-hybridized carbons (Fsp3) is 0.643. The van der Waals surface area contributed by atoms with Crippen LogP contribution in [0.4, 0.5) is 5.82 Å². The topological polar surface area (TPSA) is 67.8 Å². The van der Waals surface area contributed by atoms with Crippen LogP contribution in [0.1, 0.15) is 32.6 Å². The lowest BCUT2D eigenvalue weighted by Gasteiger charge is -2.29. The van der Waals surface area contributed by atoms with Crippen molar-refractivity contribution in [2.75, 3.05) is 17.3 Å². The zero-order chi connectivity index (χ0) is 15.5. The molecule has 3 unspecified atom stereocenters. The molecule has 1 saturated carbocycles. The largest absolute Gasteiger partial charge is 0.366 e. The summed E-state index contributed by atoms with van der Waals surface area (Å²) >= 11 is 3.26. The summed E-state index contributed by atoms with van der Waals surface area (Å²) in [5.41, 5.74) is 0.761. The maximum Gasteiger partial charge on any atom is 0.176 e. The molecule has 0 saturated heterocycles. The fourth-order valence-corrected chi connectivity index (χ4v) is 5.68. The molecular formula is C14H20N4OS3. The number of anilines is 1. The Hall–Kier alpha value is -0.730. The standard InChI is InChI=1S/C14H20N4OS3/c1-3-22(19)10-6-4-5-9(7-10)17-12-11-13(16-8-15-12)18-14(20-2)21-11/h8-10H,3-7H2,1-2H3,(H,15,16,17). The normalized spacial score (nSPS) is 23.5. The zero-order valence-corrected chi connectivity index (χ0v) is 15.2. The molecule has 3 atom stereocenters. The van der Waals surface area contributed by atoms with E-state index in [2.05, 4.69) is 20.3 Å². The molecule has 0 bridgehead atoms. The van der Waals surface area contributed by atoms with Crippen LogP contribution in [0, 0.1) is 0 Å². The predicted octanol–water partition coefficient (Wildman–Crippen LogP) is 3.30. The lowest BCUT2D eigenvalue weighted by molar-refractivity contribution is 0.464. The molecule has 0 spiro atoms. The second-order valence-corrected chi connectivity index (χ2v) is 9.42. The Morgan fingerprint density at radius 2 is 2.32 bits per heavy atom. The van der Waals surface area contributed by atoms with E-state index in [1.54, 1.807) is 29.4 Å². The van der Waals surface area contributed by atoms with Crippen LogP contribution < -0.4 is 5.32 Å². The molecule has 0 aromatic carbocycles. The smallest absolute Gasteiger partial charge is 0.176 e. The molecule has 1 aliphatic carbocycles. The first kappa shape index (κ1) is 16.1. The third kappa shape index (κ3) is 3.44. The Morgan fingerprint density at radius 1 is 1.45 bits per heavy atom. The molecule has 2 heterocycles. The summed E-state index contributed by atoms with van der Waals surface area (Å²) in [7, 11) is -0.702. The Balaban J connectivity index is 1.78. The predicted molar refractivity (Wildman–Crippen MR) is 95.3 cm³/mol. The third-order valence-corrected chi connectivity index (χ3v) is 7.75. The van der Waals surface area contributed by atoms with Gasteiger partial charge >= 0.3 is 0 Å². The van der Waals surface area contributed by atoms with E-state index in [9.17, 15) is 4.21 Å². The van der Waals surface area contributed by atoms with Crippen LogP contribution in [0.15, 0.2) is 10.7 Å². The molecule has 1 N–H and O–H groups in total. The summed E-state index contributed by atoms with van der Waals surface area (Å²) in [5, 5.41) is 3.86. The van der Waals surface area contributed by atoms with Crippen LogP contribution in [0.25, 0.3) is 10.3 Å². The Labute approximate surface area is 141 Å². The fourth-order valence-electron chi connectivity index (χ4n) is 2.87. The molecule has 3 rings (SSSR count). The summed E-state index contributed by atoms with van der Waals surface area (Å²) in [6.07, 6.45) is 7.86. The Morgan fingerprint density at radius 3 is 3.09 bits per heavy atom. The minimum absolute atomic E-state index is 0.316. The van der Waals surface area contributed by atoms with Crippen molar-refractivity contribution in [3.05, 3.63) is 6.33 Å². The molecular weight excluding hydrogens is 336 g/mol. The van der Waals surface area contributed by atoms with Crippen LogP contribution in [0.2, 0.25) is 0 Å². The number of nitrogens with one attached hydrogen (secondary N) is 1. The molecule has 8 heteroatoms. The lowest BCUT2D eigenvalue weighted by Crippen LogP contribution is -2.33. The number of rotatable bonds is 5. The van der Waals surface area contributed by atoms with Crippen LogP contribution in [-0.2, 0) is 10.8 Å². The number of thiazole rings is 1. The van der Waals surface area contributed by atoms with Crippen molar-refractivity contribution in [3.8, 4) is 0 Å². The molecule has 0 radical (unpaired) electrons. The SMILES string of the molecule is CCS(=O)C1CCCC(Nc2ncnc3nc(SC)sc23)C1. The highest BCUT2D eigenvalue weighted by Gasteiger charge is 2.26. The number of nitrogens with zero attached hydrogens (tertiary/aromatic N) is 3. The Kier molecular flexibility index (Phi) is 5.30. The minimum Gasteiger partial charge on any atom is -0.366 e. The highest BCUT2D eigenvalue weighted by Crippen LogP contribution is 2.32. The van der Waals surface area contributed by atoms with Gasteiger partial charge < -0.3 is 5.32 Å². The van der Waals surface area contributed by atoms with Gasteiger partial charge in [-0.05, 0) is 25.5 Å². The third-order valence-electron chi connectivity index (χ3n) is 3.97. The zero-order valence-electron chi connectivity index (χ0n) is 12.7. The summed E-state index contributed by atoms with van der Waals surface area (Å²) in [6.45, 7) is 2.00. The first-order valence-corrected chi connectivity index (χ1v) is 10.9. The first-order valence-electron chi connectivity index (χ1n) is 7.50. The molecule has 2 aromatic heterocycles. The van der Waals surface area contributed by atoms with Crippen molar-refractivity contribution in [2.45, 2.75) is 48.2 Å². The van der Waals surface area contributed by atoms with Gasteiger partial charge in [-0.3, -0.25) is 4.21 Å². The minimum atomic E-state index is -0.702. The van der Waals surface area contributed by atoms with E-state index >= 15 is 0 Å². The van der Waals surface area contributed by atoms with Gasteiger partial charge in [-0.25, -0.2) is 15.0 Å². The second kappa shape index (κ2) is 7.23. The van der Waals surface area contributed by atoms with Gasteiger partial charge in [0.25, 0.3) is 0 Å². The van der Waals surface area contributed by atoms with E-state index < -0.39 is 10.8 Å². The molecule has 22 heavy (non-hydrogen) atoms. The van der Waals surface area contributed by atoms with Crippen molar-refractivity contribution in [1.29, 1.82) is 0 Å². The van der Waals surface area contributed by atoms with Gasteiger partial charge in [0.05, 0.1) is 0 Å². The van der Waals surface area contributed by atoms with Crippen LogP contribution in [0.5, 0.6) is 0 Å². The molecule has 0 aliphatic heterocycles. The second-order valence-electron chi connectivity index (χ2n) is 5.36. The van der Waals surface area contributed by atoms with E-state index in [1.807, 2.05) is 13.2 Å². The van der Waals surface area contributed by atoms with Gasteiger partial charge in [0.1, 0.15) is 16.8 Å². The quantitative estimate of drug-likeness (QED) is 0.829. The number of hydrogen-bond donors (Lipinski definition) is 1. The summed E-state index contributed by atoms with van der Waals surface area (Å²) in [5.74, 6) is 1.62.